The van der Waals surface area contributed by atoms with Crippen molar-refractivity contribution in [2.24, 2.45) is 0 Å². The topological polar surface area (TPSA) is 62.2 Å². The van der Waals surface area contributed by atoms with Gasteiger partial charge in [-0.3, -0.25) is 9.78 Å². The zero-order valence-electron chi connectivity index (χ0n) is 13.4. The molecule has 0 fully saturated rings. The lowest BCUT2D eigenvalue weighted by Gasteiger charge is -2.12. The minimum absolute atomic E-state index is 0.0781. The monoisotopic (exact) mass is 336 g/mol. The molecule has 0 radical (unpaired) electrons. The smallest absolute Gasteiger partial charge is 0.251 e. The lowest BCUT2D eigenvalue weighted by molar-refractivity contribution is 0.0916. The largest absolute Gasteiger partial charge is 0.387 e. The number of carbonyl (C=O) groups excluding carboxylic acids is 1. The molecule has 5 heteroatoms. The van der Waals surface area contributed by atoms with Crippen molar-refractivity contribution in [2.45, 2.75) is 6.10 Å². The summed E-state index contributed by atoms with van der Waals surface area (Å²) in [5.41, 5.74) is 2.53. The SMILES string of the molecule is O=C(NCC(O)c1cccnc1)c1cccc(-c2cccc(F)c2)c1. The van der Waals surface area contributed by atoms with E-state index in [0.29, 0.717) is 16.7 Å². The number of pyridine rings is 1. The number of rotatable bonds is 5. The van der Waals surface area contributed by atoms with Gasteiger partial charge in [-0.15, -0.1) is 0 Å². The number of hydrogen-bond acceptors (Lipinski definition) is 3. The average molecular weight is 336 g/mol. The third kappa shape index (κ3) is 4.28. The second kappa shape index (κ2) is 7.68. The minimum atomic E-state index is -0.830. The zero-order valence-corrected chi connectivity index (χ0v) is 13.4. The number of benzene rings is 2. The van der Waals surface area contributed by atoms with Gasteiger partial charge in [0.25, 0.3) is 5.91 Å². The molecule has 2 aromatic carbocycles. The summed E-state index contributed by atoms with van der Waals surface area (Å²) in [6, 6.07) is 16.6. The summed E-state index contributed by atoms with van der Waals surface area (Å²) in [5, 5.41) is 12.8. The third-order valence-corrected chi connectivity index (χ3v) is 3.81. The fraction of sp³-hybridized carbons (Fsp3) is 0.100. The van der Waals surface area contributed by atoms with E-state index in [-0.39, 0.29) is 18.3 Å². The van der Waals surface area contributed by atoms with Gasteiger partial charge in [-0.2, -0.15) is 0 Å². The highest BCUT2D eigenvalue weighted by Crippen LogP contribution is 2.21. The van der Waals surface area contributed by atoms with Crippen molar-refractivity contribution in [1.29, 1.82) is 0 Å². The summed E-state index contributed by atoms with van der Waals surface area (Å²) in [4.78, 5) is 16.3. The Balaban J connectivity index is 1.69. The third-order valence-electron chi connectivity index (χ3n) is 3.81. The second-order valence-electron chi connectivity index (χ2n) is 5.60. The molecule has 3 aromatic rings. The van der Waals surface area contributed by atoms with Crippen LogP contribution in [0.5, 0.6) is 0 Å². The van der Waals surface area contributed by atoms with Gasteiger partial charge in [0.05, 0.1) is 6.10 Å². The van der Waals surface area contributed by atoms with E-state index >= 15 is 0 Å². The van der Waals surface area contributed by atoms with Gasteiger partial charge in [-0.25, -0.2) is 4.39 Å². The van der Waals surface area contributed by atoms with E-state index in [1.54, 1.807) is 54.9 Å². The van der Waals surface area contributed by atoms with E-state index in [1.165, 1.54) is 12.1 Å². The first-order chi connectivity index (χ1) is 12.1. The molecule has 1 aromatic heterocycles. The van der Waals surface area contributed by atoms with Crippen LogP contribution in [0.15, 0.2) is 73.1 Å². The Hall–Kier alpha value is -3.05. The van der Waals surface area contributed by atoms with Gasteiger partial charge in [-0.05, 0) is 41.5 Å². The predicted octanol–water partition coefficient (Wildman–Crippen LogP) is 3.35. The van der Waals surface area contributed by atoms with Crippen LogP contribution < -0.4 is 5.32 Å². The fourth-order valence-corrected chi connectivity index (χ4v) is 2.49. The van der Waals surface area contributed by atoms with Gasteiger partial charge < -0.3 is 10.4 Å². The van der Waals surface area contributed by atoms with Crippen LogP contribution in [0.4, 0.5) is 4.39 Å². The highest BCUT2D eigenvalue weighted by atomic mass is 19.1. The number of aromatic nitrogens is 1. The molecule has 1 amide bonds. The van der Waals surface area contributed by atoms with Crippen LogP contribution in [0.2, 0.25) is 0 Å². The molecule has 0 bridgehead atoms. The van der Waals surface area contributed by atoms with Gasteiger partial charge in [0.2, 0.25) is 0 Å². The van der Waals surface area contributed by atoms with Crippen LogP contribution in [0, 0.1) is 5.82 Å². The molecule has 0 aliphatic heterocycles. The molecule has 1 heterocycles. The van der Waals surface area contributed by atoms with Gasteiger partial charge in [0, 0.05) is 30.1 Å². The van der Waals surface area contributed by atoms with Crippen LogP contribution in [-0.2, 0) is 0 Å². The molecule has 0 saturated heterocycles. The number of carbonyl (C=O) groups is 1. The lowest BCUT2D eigenvalue weighted by Crippen LogP contribution is -2.28. The minimum Gasteiger partial charge on any atom is -0.387 e. The van der Waals surface area contributed by atoms with Crippen LogP contribution in [0.25, 0.3) is 11.1 Å². The Labute approximate surface area is 145 Å². The molecule has 0 aliphatic rings. The molecule has 4 nitrogen and oxygen atoms in total. The van der Waals surface area contributed by atoms with Crippen molar-refractivity contribution >= 4 is 5.91 Å². The molecule has 0 saturated carbocycles. The Morgan fingerprint density at radius 1 is 1.08 bits per heavy atom. The maximum Gasteiger partial charge on any atom is 0.251 e. The first-order valence-electron chi connectivity index (χ1n) is 7.85. The standard InChI is InChI=1S/C20H17FN2O2/c21-18-8-2-5-15(11-18)14-4-1-6-16(10-14)20(25)23-13-19(24)17-7-3-9-22-12-17/h1-12,19,24H,13H2,(H,23,25). The highest BCUT2D eigenvalue weighted by Gasteiger charge is 2.11. The summed E-state index contributed by atoms with van der Waals surface area (Å²) in [7, 11) is 0. The van der Waals surface area contributed by atoms with Crippen LogP contribution >= 0.6 is 0 Å². The van der Waals surface area contributed by atoms with Crippen molar-refractivity contribution in [3.8, 4) is 11.1 Å². The Morgan fingerprint density at radius 2 is 1.84 bits per heavy atom. The van der Waals surface area contributed by atoms with Crippen LogP contribution in [0.3, 0.4) is 0 Å². The predicted molar refractivity (Wildman–Crippen MR) is 93.4 cm³/mol. The molecular formula is C20H17FN2O2. The molecular weight excluding hydrogens is 319 g/mol. The van der Waals surface area contributed by atoms with E-state index in [9.17, 15) is 14.3 Å². The Kier molecular flexibility index (Phi) is 5.16. The Bertz CT molecular complexity index is 868. The van der Waals surface area contributed by atoms with E-state index in [0.717, 1.165) is 5.56 Å². The quantitative estimate of drug-likeness (QED) is 0.751. The van der Waals surface area contributed by atoms with Crippen molar-refractivity contribution in [1.82, 2.24) is 10.3 Å². The molecule has 1 unspecified atom stereocenters. The van der Waals surface area contributed by atoms with Crippen molar-refractivity contribution < 1.29 is 14.3 Å². The van der Waals surface area contributed by atoms with Crippen LogP contribution in [-0.4, -0.2) is 22.5 Å². The van der Waals surface area contributed by atoms with E-state index < -0.39 is 6.10 Å². The van der Waals surface area contributed by atoms with Gasteiger partial charge >= 0.3 is 0 Å². The van der Waals surface area contributed by atoms with Crippen molar-refractivity contribution in [3.05, 3.63) is 90.0 Å². The summed E-state index contributed by atoms with van der Waals surface area (Å²) < 4.78 is 13.4. The van der Waals surface area contributed by atoms with E-state index in [4.69, 9.17) is 0 Å². The number of halogens is 1. The van der Waals surface area contributed by atoms with E-state index in [2.05, 4.69) is 10.3 Å². The number of nitrogens with one attached hydrogen (secondary N) is 1. The molecule has 126 valence electrons. The molecule has 0 spiro atoms. The molecule has 1 atom stereocenters. The highest BCUT2D eigenvalue weighted by molar-refractivity contribution is 5.95. The Morgan fingerprint density at radius 3 is 2.56 bits per heavy atom. The van der Waals surface area contributed by atoms with Crippen molar-refractivity contribution in [2.75, 3.05) is 6.54 Å². The van der Waals surface area contributed by atoms with Gasteiger partial charge in [0.15, 0.2) is 0 Å². The van der Waals surface area contributed by atoms with Crippen LogP contribution in [0.1, 0.15) is 22.0 Å². The number of amides is 1. The van der Waals surface area contributed by atoms with E-state index in [1.807, 2.05) is 6.07 Å². The summed E-state index contributed by atoms with van der Waals surface area (Å²) in [6.07, 6.45) is 2.35. The van der Waals surface area contributed by atoms with Gasteiger partial charge in [-0.1, -0.05) is 30.3 Å². The number of hydrogen-bond donors (Lipinski definition) is 2. The summed E-state index contributed by atoms with van der Waals surface area (Å²) >= 11 is 0. The zero-order chi connectivity index (χ0) is 17.6. The summed E-state index contributed by atoms with van der Waals surface area (Å²) in [5.74, 6) is -0.631. The molecule has 3 rings (SSSR count). The van der Waals surface area contributed by atoms with Gasteiger partial charge in [0.1, 0.15) is 5.82 Å². The maximum atomic E-state index is 13.4. The molecule has 25 heavy (non-hydrogen) atoms. The molecule has 0 aliphatic carbocycles. The number of aliphatic hydroxyl groups is 1. The first-order valence-corrected chi connectivity index (χ1v) is 7.85. The lowest BCUT2D eigenvalue weighted by atomic mass is 10.0. The number of nitrogens with zero attached hydrogens (tertiary/aromatic N) is 1. The normalized spacial score (nSPS) is 11.8. The average Bonchev–Trinajstić information content (AvgIpc) is 2.66. The number of aliphatic hydroxyl groups excluding tert-OH is 1. The first kappa shape index (κ1) is 16.8. The van der Waals surface area contributed by atoms with Crippen molar-refractivity contribution in [3.63, 3.8) is 0 Å². The summed E-state index contributed by atoms with van der Waals surface area (Å²) in [6.45, 7) is 0.0781. The molecule has 2 N–H and O–H groups in total. The fourth-order valence-electron chi connectivity index (χ4n) is 2.49. The second-order valence-corrected chi connectivity index (χ2v) is 5.60. The maximum absolute atomic E-state index is 13.4.